The Hall–Kier alpha value is -0.780. The van der Waals surface area contributed by atoms with Gasteiger partial charge in [0.25, 0.3) is 5.17 Å². The van der Waals surface area contributed by atoms with E-state index < -0.39 is 0 Å². The molecule has 0 radical (unpaired) electrons. The number of nitrogens with two attached hydrogens (primary N) is 1. The van der Waals surface area contributed by atoms with Crippen LogP contribution in [-0.4, -0.2) is 11.4 Å². The summed E-state index contributed by atoms with van der Waals surface area (Å²) in [5, 5.41) is 0.207. The Kier molecular flexibility index (Phi) is 4.72. The number of rotatable bonds is 3. The zero-order valence-corrected chi connectivity index (χ0v) is 9.45. The molecule has 3 nitrogen and oxygen atoms in total. The van der Waals surface area contributed by atoms with Crippen molar-refractivity contribution < 1.29 is 4.74 Å². The highest BCUT2D eigenvalue weighted by Gasteiger charge is 1.96. The molecule has 1 aromatic rings. The van der Waals surface area contributed by atoms with E-state index in [1.807, 2.05) is 30.5 Å². The van der Waals surface area contributed by atoms with Crippen molar-refractivity contribution in [2.24, 2.45) is 5.84 Å². The maximum Gasteiger partial charge on any atom is 0.271 e. The molecule has 0 fully saturated rings. The third-order valence-corrected chi connectivity index (χ3v) is 2.63. The number of benzene rings is 1. The fraction of sp³-hybridized carbons (Fsp3) is 0.222. The van der Waals surface area contributed by atoms with Crippen LogP contribution in [-0.2, 0) is 11.3 Å². The van der Waals surface area contributed by atoms with Crippen LogP contribution in [0.3, 0.4) is 0 Å². The second kappa shape index (κ2) is 5.85. The number of hydrogen-bond donors (Lipinski definition) is 2. The maximum atomic E-state index is 5.14. The highest BCUT2D eigenvalue weighted by molar-refractivity contribution is 7.98. The first kappa shape index (κ1) is 11.3. The van der Waals surface area contributed by atoms with E-state index >= 15 is 0 Å². The van der Waals surface area contributed by atoms with Crippen LogP contribution in [0.4, 0.5) is 0 Å². The predicted molar refractivity (Wildman–Crippen MR) is 62.9 cm³/mol. The van der Waals surface area contributed by atoms with Crippen molar-refractivity contribution in [2.75, 3.05) is 6.26 Å². The summed E-state index contributed by atoms with van der Waals surface area (Å²) in [6.45, 7) is 0.442. The summed E-state index contributed by atoms with van der Waals surface area (Å²) in [5.74, 6) is 5.06. The first-order chi connectivity index (χ1) is 6.76. The highest BCUT2D eigenvalue weighted by Crippen LogP contribution is 2.15. The minimum atomic E-state index is 0.207. The largest absolute Gasteiger partial charge is 0.465 e. The van der Waals surface area contributed by atoms with Crippen molar-refractivity contribution in [1.29, 1.82) is 0 Å². The molecular formula is C9H12N2OS2. The second-order valence-electron chi connectivity index (χ2n) is 2.57. The molecule has 0 heterocycles. The van der Waals surface area contributed by atoms with Crippen molar-refractivity contribution in [2.45, 2.75) is 11.5 Å². The van der Waals surface area contributed by atoms with Gasteiger partial charge in [0.1, 0.15) is 6.61 Å². The van der Waals surface area contributed by atoms with E-state index in [9.17, 15) is 0 Å². The SMILES string of the molecule is CSc1ccc(COC(=S)NN)cc1. The molecule has 0 spiro atoms. The fourth-order valence-electron chi connectivity index (χ4n) is 0.912. The second-order valence-corrected chi connectivity index (χ2v) is 3.82. The van der Waals surface area contributed by atoms with Gasteiger partial charge in [0.2, 0.25) is 0 Å². The lowest BCUT2D eigenvalue weighted by Gasteiger charge is -2.06. The average Bonchev–Trinajstić information content (AvgIpc) is 2.26. The molecule has 0 aliphatic rings. The zero-order chi connectivity index (χ0) is 10.4. The van der Waals surface area contributed by atoms with Gasteiger partial charge in [-0.25, -0.2) is 5.84 Å². The minimum Gasteiger partial charge on any atom is -0.465 e. The molecule has 0 unspecified atom stereocenters. The van der Waals surface area contributed by atoms with Crippen LogP contribution in [0.5, 0.6) is 0 Å². The maximum absolute atomic E-state index is 5.14. The van der Waals surface area contributed by atoms with Crippen LogP contribution >= 0.6 is 24.0 Å². The van der Waals surface area contributed by atoms with Crippen LogP contribution in [0, 0.1) is 0 Å². The van der Waals surface area contributed by atoms with Gasteiger partial charge in [-0.1, -0.05) is 12.1 Å². The van der Waals surface area contributed by atoms with Crippen molar-refractivity contribution in [1.82, 2.24) is 5.43 Å². The molecule has 0 aliphatic carbocycles. The number of hydrazine groups is 1. The fourth-order valence-corrected chi connectivity index (χ4v) is 1.38. The first-order valence-electron chi connectivity index (χ1n) is 4.02. The van der Waals surface area contributed by atoms with E-state index in [1.54, 1.807) is 11.8 Å². The third kappa shape index (κ3) is 3.53. The summed E-state index contributed by atoms with van der Waals surface area (Å²) >= 11 is 6.45. The highest BCUT2D eigenvalue weighted by atomic mass is 32.2. The van der Waals surface area contributed by atoms with E-state index in [-0.39, 0.29) is 5.17 Å². The van der Waals surface area contributed by atoms with Gasteiger partial charge < -0.3 is 4.74 Å². The molecule has 0 saturated carbocycles. The molecule has 76 valence electrons. The number of thioether (sulfide) groups is 1. The number of thiocarbonyl (C=S) groups is 1. The van der Waals surface area contributed by atoms with Crippen LogP contribution in [0.15, 0.2) is 29.2 Å². The van der Waals surface area contributed by atoms with Crippen molar-refractivity contribution in [3.05, 3.63) is 29.8 Å². The molecule has 14 heavy (non-hydrogen) atoms. The van der Waals surface area contributed by atoms with Crippen LogP contribution < -0.4 is 11.3 Å². The lowest BCUT2D eigenvalue weighted by molar-refractivity contribution is 0.287. The van der Waals surface area contributed by atoms with Crippen molar-refractivity contribution in [3.63, 3.8) is 0 Å². The van der Waals surface area contributed by atoms with Gasteiger partial charge in [0, 0.05) is 4.90 Å². The Morgan fingerprint density at radius 1 is 1.50 bits per heavy atom. The topological polar surface area (TPSA) is 47.3 Å². The summed E-state index contributed by atoms with van der Waals surface area (Å²) in [7, 11) is 0. The molecule has 0 aliphatic heterocycles. The summed E-state index contributed by atoms with van der Waals surface area (Å²) in [5.41, 5.74) is 3.33. The van der Waals surface area contributed by atoms with Gasteiger partial charge in [-0.15, -0.1) is 11.8 Å². The molecule has 1 rings (SSSR count). The number of ether oxygens (including phenoxy) is 1. The Balaban J connectivity index is 2.47. The van der Waals surface area contributed by atoms with Gasteiger partial charge in [0.05, 0.1) is 0 Å². The van der Waals surface area contributed by atoms with Crippen molar-refractivity contribution in [3.8, 4) is 0 Å². The summed E-state index contributed by atoms with van der Waals surface area (Å²) in [6.07, 6.45) is 2.04. The van der Waals surface area contributed by atoms with Crippen molar-refractivity contribution >= 4 is 29.2 Å². The van der Waals surface area contributed by atoms with Gasteiger partial charge >= 0.3 is 0 Å². The molecule has 0 amide bonds. The Bertz CT molecular complexity index is 300. The zero-order valence-electron chi connectivity index (χ0n) is 7.82. The van der Waals surface area contributed by atoms with E-state index in [0.29, 0.717) is 6.61 Å². The van der Waals surface area contributed by atoms with E-state index in [2.05, 4.69) is 5.43 Å². The van der Waals surface area contributed by atoms with E-state index in [0.717, 1.165) is 5.56 Å². The first-order valence-corrected chi connectivity index (χ1v) is 5.66. The molecule has 5 heteroatoms. The van der Waals surface area contributed by atoms with E-state index in [1.165, 1.54) is 4.90 Å². The Morgan fingerprint density at radius 2 is 2.14 bits per heavy atom. The number of hydrogen-bond acceptors (Lipinski definition) is 4. The standard InChI is InChI=1S/C9H12N2OS2/c1-14-8-4-2-7(3-5-8)6-12-9(13)11-10/h2-5H,6,10H2,1H3,(H,11,13). The minimum absolute atomic E-state index is 0.207. The van der Waals surface area contributed by atoms with Gasteiger partial charge in [0.15, 0.2) is 0 Å². The normalized spacial score (nSPS) is 9.57. The van der Waals surface area contributed by atoms with Gasteiger partial charge in [-0.2, -0.15) is 0 Å². The van der Waals surface area contributed by atoms with E-state index in [4.69, 9.17) is 22.8 Å². The molecular weight excluding hydrogens is 216 g/mol. The van der Waals surface area contributed by atoms with Crippen LogP contribution in [0.1, 0.15) is 5.56 Å². The third-order valence-electron chi connectivity index (χ3n) is 1.65. The lowest BCUT2D eigenvalue weighted by Crippen LogP contribution is -2.30. The Labute approximate surface area is 93.0 Å². The average molecular weight is 228 g/mol. The molecule has 3 N–H and O–H groups in total. The molecule has 0 bridgehead atoms. The summed E-state index contributed by atoms with van der Waals surface area (Å²) in [6, 6.07) is 8.10. The summed E-state index contributed by atoms with van der Waals surface area (Å²) < 4.78 is 5.14. The molecule has 0 atom stereocenters. The monoisotopic (exact) mass is 228 g/mol. The van der Waals surface area contributed by atoms with Gasteiger partial charge in [-0.05, 0) is 36.2 Å². The smallest absolute Gasteiger partial charge is 0.271 e. The molecule has 0 saturated heterocycles. The van der Waals surface area contributed by atoms with Crippen LogP contribution in [0.2, 0.25) is 0 Å². The van der Waals surface area contributed by atoms with Crippen LogP contribution in [0.25, 0.3) is 0 Å². The predicted octanol–water partition coefficient (Wildman–Crippen LogP) is 1.67. The molecule has 0 aromatic heterocycles. The quantitative estimate of drug-likeness (QED) is 0.357. The molecule has 1 aromatic carbocycles. The van der Waals surface area contributed by atoms with Gasteiger partial charge in [-0.3, -0.25) is 5.43 Å². The Morgan fingerprint density at radius 3 is 2.64 bits per heavy atom. The lowest BCUT2D eigenvalue weighted by atomic mass is 10.2. The number of nitrogens with one attached hydrogen (secondary N) is 1. The summed E-state index contributed by atoms with van der Waals surface area (Å²) in [4.78, 5) is 1.23.